The van der Waals surface area contributed by atoms with E-state index in [1.54, 1.807) is 0 Å². The van der Waals surface area contributed by atoms with Gasteiger partial charge in [0.2, 0.25) is 5.43 Å². The van der Waals surface area contributed by atoms with E-state index >= 15 is 0 Å². The van der Waals surface area contributed by atoms with Crippen LogP contribution >= 0.6 is 0 Å². The van der Waals surface area contributed by atoms with Crippen LogP contribution < -0.4 is 5.43 Å². The van der Waals surface area contributed by atoms with E-state index in [-0.39, 0.29) is 5.43 Å². The van der Waals surface area contributed by atoms with E-state index in [1.807, 2.05) is 59.1 Å². The summed E-state index contributed by atoms with van der Waals surface area (Å²) in [7, 11) is 0. The van der Waals surface area contributed by atoms with E-state index in [1.165, 1.54) is 0 Å². The zero-order valence-corrected chi connectivity index (χ0v) is 12.9. The number of para-hydroxylation sites is 2. The molecule has 0 amide bonds. The molecule has 3 heteroatoms. The van der Waals surface area contributed by atoms with Crippen LogP contribution in [0, 0.1) is 0 Å². The molecular weight excluding hydrogens is 296 g/mol. The molecule has 2 aromatic heterocycles. The van der Waals surface area contributed by atoms with Gasteiger partial charge < -0.3 is 0 Å². The molecule has 0 radical (unpaired) electrons. The van der Waals surface area contributed by atoms with E-state index in [2.05, 4.69) is 18.2 Å². The highest BCUT2D eigenvalue weighted by molar-refractivity contribution is 6.13. The fourth-order valence-electron chi connectivity index (χ4n) is 3.51. The average Bonchev–Trinajstić information content (AvgIpc) is 2.95. The summed E-state index contributed by atoms with van der Waals surface area (Å²) in [6.45, 7) is 0. The third-order valence-corrected chi connectivity index (χ3v) is 4.61. The van der Waals surface area contributed by atoms with Crippen LogP contribution in [0.3, 0.4) is 0 Å². The third kappa shape index (κ3) is 1.78. The van der Waals surface area contributed by atoms with Crippen LogP contribution in [-0.4, -0.2) is 9.61 Å². The SMILES string of the molecule is O=c1c(Cc2ccccc2)nn2c3ccccc3c3cccc1c32. The summed E-state index contributed by atoms with van der Waals surface area (Å²) in [5.74, 6) is 0. The Bertz CT molecular complexity index is 1240. The summed E-state index contributed by atoms with van der Waals surface area (Å²) >= 11 is 0. The number of nitrogens with zero attached hydrogens (tertiary/aromatic N) is 2. The molecule has 0 aliphatic rings. The Hall–Kier alpha value is -3.20. The minimum Gasteiger partial charge on any atom is -0.287 e. The second kappa shape index (κ2) is 4.90. The zero-order valence-electron chi connectivity index (χ0n) is 12.9. The molecule has 0 aliphatic heterocycles. The fraction of sp³-hybridized carbons (Fsp3) is 0.0476. The van der Waals surface area contributed by atoms with Crippen molar-refractivity contribution in [2.45, 2.75) is 6.42 Å². The summed E-state index contributed by atoms with van der Waals surface area (Å²) in [5.41, 5.74) is 3.66. The number of hydrogen-bond acceptors (Lipinski definition) is 2. The summed E-state index contributed by atoms with van der Waals surface area (Å²) in [6, 6.07) is 24.1. The Morgan fingerprint density at radius 3 is 2.33 bits per heavy atom. The van der Waals surface area contributed by atoms with E-state index in [0.29, 0.717) is 12.1 Å². The van der Waals surface area contributed by atoms with Gasteiger partial charge in [-0.3, -0.25) is 4.79 Å². The van der Waals surface area contributed by atoms with Crippen molar-refractivity contribution in [3.8, 4) is 0 Å². The van der Waals surface area contributed by atoms with E-state index in [9.17, 15) is 4.79 Å². The molecule has 0 atom stereocenters. The van der Waals surface area contributed by atoms with Gasteiger partial charge in [-0.05, 0) is 17.7 Å². The van der Waals surface area contributed by atoms with Crippen molar-refractivity contribution >= 4 is 27.2 Å². The molecule has 3 nitrogen and oxygen atoms in total. The summed E-state index contributed by atoms with van der Waals surface area (Å²) < 4.78 is 1.93. The standard InChI is InChI=1S/C21H14N2O/c24-21-17-11-6-10-16-15-9-4-5-12-19(15)23(20(16)17)22-18(21)13-14-7-2-1-3-8-14/h1-12H,13H2. The van der Waals surface area contributed by atoms with Gasteiger partial charge in [0.15, 0.2) is 0 Å². The Kier molecular flexibility index (Phi) is 2.71. The lowest BCUT2D eigenvalue weighted by molar-refractivity contribution is 0.896. The predicted molar refractivity (Wildman–Crippen MR) is 96.9 cm³/mol. The Labute approximate surface area is 138 Å². The molecule has 0 fully saturated rings. The number of rotatable bonds is 2. The first-order valence-electron chi connectivity index (χ1n) is 8.01. The van der Waals surface area contributed by atoms with Gasteiger partial charge in [-0.15, -0.1) is 0 Å². The molecule has 24 heavy (non-hydrogen) atoms. The van der Waals surface area contributed by atoms with E-state index < -0.39 is 0 Å². The molecule has 0 N–H and O–H groups in total. The second-order valence-corrected chi connectivity index (χ2v) is 6.07. The fourth-order valence-corrected chi connectivity index (χ4v) is 3.51. The van der Waals surface area contributed by atoms with Crippen molar-refractivity contribution in [1.82, 2.24) is 9.61 Å². The van der Waals surface area contributed by atoms with Crippen LogP contribution in [-0.2, 0) is 6.42 Å². The maximum Gasteiger partial charge on any atom is 0.211 e. The Morgan fingerprint density at radius 2 is 1.46 bits per heavy atom. The molecule has 5 rings (SSSR count). The van der Waals surface area contributed by atoms with Gasteiger partial charge in [-0.2, -0.15) is 5.10 Å². The van der Waals surface area contributed by atoms with Crippen LogP contribution in [0.25, 0.3) is 27.2 Å². The van der Waals surface area contributed by atoms with Crippen molar-refractivity contribution in [2.75, 3.05) is 0 Å². The van der Waals surface area contributed by atoms with Gasteiger partial charge in [0.1, 0.15) is 5.69 Å². The monoisotopic (exact) mass is 310 g/mol. The summed E-state index contributed by atoms with van der Waals surface area (Å²) in [6.07, 6.45) is 0.544. The first-order valence-corrected chi connectivity index (χ1v) is 8.01. The van der Waals surface area contributed by atoms with Gasteiger partial charge in [-0.25, -0.2) is 4.52 Å². The number of benzene rings is 3. The minimum absolute atomic E-state index is 0.0276. The molecule has 0 spiro atoms. The van der Waals surface area contributed by atoms with Gasteiger partial charge in [0.25, 0.3) is 0 Å². The van der Waals surface area contributed by atoms with Crippen LogP contribution in [0.2, 0.25) is 0 Å². The number of aromatic nitrogens is 2. The van der Waals surface area contributed by atoms with Crippen LogP contribution in [0.4, 0.5) is 0 Å². The van der Waals surface area contributed by atoms with E-state index in [4.69, 9.17) is 5.10 Å². The molecule has 2 heterocycles. The van der Waals surface area contributed by atoms with Crippen LogP contribution in [0.1, 0.15) is 11.3 Å². The largest absolute Gasteiger partial charge is 0.287 e. The first kappa shape index (κ1) is 13.3. The molecule has 0 bridgehead atoms. The highest BCUT2D eigenvalue weighted by Gasteiger charge is 2.16. The van der Waals surface area contributed by atoms with Gasteiger partial charge in [0.05, 0.1) is 16.4 Å². The quantitative estimate of drug-likeness (QED) is 0.493. The predicted octanol–water partition coefficient (Wildman–Crippen LogP) is 4.03. The van der Waals surface area contributed by atoms with Crippen LogP contribution in [0.15, 0.2) is 77.6 Å². The zero-order chi connectivity index (χ0) is 16.1. The first-order chi connectivity index (χ1) is 11.8. The maximum absolute atomic E-state index is 12.9. The van der Waals surface area contributed by atoms with Gasteiger partial charge >= 0.3 is 0 Å². The normalized spacial score (nSPS) is 11.7. The van der Waals surface area contributed by atoms with Gasteiger partial charge in [0, 0.05) is 17.2 Å². The topological polar surface area (TPSA) is 34.4 Å². The summed E-state index contributed by atoms with van der Waals surface area (Å²) in [5, 5.41) is 7.67. The van der Waals surface area contributed by atoms with Crippen molar-refractivity contribution in [3.05, 3.63) is 94.3 Å². The van der Waals surface area contributed by atoms with Crippen molar-refractivity contribution in [2.24, 2.45) is 0 Å². The molecular formula is C21H14N2O. The Balaban J connectivity index is 1.89. The van der Waals surface area contributed by atoms with E-state index in [0.717, 1.165) is 32.8 Å². The van der Waals surface area contributed by atoms with Crippen molar-refractivity contribution in [3.63, 3.8) is 0 Å². The minimum atomic E-state index is 0.0276. The highest BCUT2D eigenvalue weighted by Crippen LogP contribution is 2.29. The molecule has 0 unspecified atom stereocenters. The molecule has 5 aromatic rings. The second-order valence-electron chi connectivity index (χ2n) is 6.07. The smallest absolute Gasteiger partial charge is 0.211 e. The molecule has 0 saturated heterocycles. The Morgan fingerprint density at radius 1 is 0.750 bits per heavy atom. The van der Waals surface area contributed by atoms with Crippen molar-refractivity contribution in [1.29, 1.82) is 0 Å². The lowest BCUT2D eigenvalue weighted by Gasteiger charge is -2.05. The lowest BCUT2D eigenvalue weighted by atomic mass is 10.1. The number of hydrogen-bond donors (Lipinski definition) is 0. The number of fused-ring (bicyclic) bond motifs is 3. The molecule has 114 valence electrons. The van der Waals surface area contributed by atoms with Crippen LogP contribution in [0.5, 0.6) is 0 Å². The summed E-state index contributed by atoms with van der Waals surface area (Å²) in [4.78, 5) is 12.9. The lowest BCUT2D eigenvalue weighted by Crippen LogP contribution is -2.15. The third-order valence-electron chi connectivity index (χ3n) is 4.61. The van der Waals surface area contributed by atoms with Crippen molar-refractivity contribution < 1.29 is 0 Å². The van der Waals surface area contributed by atoms with Gasteiger partial charge in [-0.1, -0.05) is 60.7 Å². The molecule has 0 saturated carbocycles. The highest BCUT2D eigenvalue weighted by atomic mass is 16.1. The molecule has 0 aliphatic carbocycles. The molecule has 3 aromatic carbocycles. The maximum atomic E-state index is 12.9. The average molecular weight is 310 g/mol.